The molecule has 0 aromatic heterocycles. The molecule has 116 valence electrons. The van der Waals surface area contributed by atoms with Gasteiger partial charge in [0.1, 0.15) is 12.2 Å². The first-order valence-corrected chi connectivity index (χ1v) is 7.23. The van der Waals surface area contributed by atoms with Crippen molar-refractivity contribution in [3.8, 4) is 0 Å². The zero-order valence-corrected chi connectivity index (χ0v) is 12.0. The highest BCUT2D eigenvalue weighted by Crippen LogP contribution is 2.35. The summed E-state index contributed by atoms with van der Waals surface area (Å²) in [6.45, 7) is 7.14. The van der Waals surface area contributed by atoms with Crippen molar-refractivity contribution in [2.75, 3.05) is 33.0 Å². The predicted molar refractivity (Wildman–Crippen MR) is 73.0 cm³/mol. The number of ether oxygens (including phenoxy) is 2. The molecule has 5 atom stereocenters. The highest BCUT2D eigenvalue weighted by atomic mass is 16.7. The molecular formula is C14H25NO5. The molecule has 0 bridgehead atoms. The van der Waals surface area contributed by atoms with Crippen LogP contribution < -0.4 is 0 Å². The zero-order valence-electron chi connectivity index (χ0n) is 12.0. The summed E-state index contributed by atoms with van der Waals surface area (Å²) >= 11 is 0. The summed E-state index contributed by atoms with van der Waals surface area (Å²) in [5, 5.41) is 20.8. The Labute approximate surface area is 119 Å². The Balaban J connectivity index is 2.07. The molecule has 0 aliphatic carbocycles. The van der Waals surface area contributed by atoms with Crippen LogP contribution in [0.15, 0.2) is 12.7 Å². The minimum atomic E-state index is -0.400. The zero-order chi connectivity index (χ0) is 14.5. The van der Waals surface area contributed by atoms with E-state index in [0.29, 0.717) is 19.8 Å². The Bertz CT molecular complexity index is 310. The first kappa shape index (κ1) is 15.9. The number of hydroxylamine groups is 2. The van der Waals surface area contributed by atoms with E-state index in [0.717, 1.165) is 6.42 Å². The quantitative estimate of drug-likeness (QED) is 0.610. The Kier molecular flexibility index (Phi) is 5.95. The van der Waals surface area contributed by atoms with Gasteiger partial charge in [-0.2, -0.15) is 5.06 Å². The van der Waals surface area contributed by atoms with Gasteiger partial charge in [0, 0.05) is 5.92 Å². The molecule has 20 heavy (non-hydrogen) atoms. The van der Waals surface area contributed by atoms with E-state index in [9.17, 15) is 10.2 Å². The maximum atomic E-state index is 9.52. The lowest BCUT2D eigenvalue weighted by Gasteiger charge is -2.34. The standard InChI is InChI=1S/C14H25NO5/c1-3-5-18-12(7-17)14-13-10(8-19-14)9-20-15(13)11(4-2)6-16/h3,10-14,16-17H,1,4-9H2,2H3/t10-,11-,12+,13+,14-/m1/s1. The molecule has 0 aromatic carbocycles. The van der Waals surface area contributed by atoms with Gasteiger partial charge in [0.05, 0.1) is 45.1 Å². The minimum absolute atomic E-state index is 0.0223. The molecule has 6 nitrogen and oxygen atoms in total. The Morgan fingerprint density at radius 3 is 2.80 bits per heavy atom. The van der Waals surface area contributed by atoms with Gasteiger partial charge < -0.3 is 19.7 Å². The van der Waals surface area contributed by atoms with E-state index >= 15 is 0 Å². The van der Waals surface area contributed by atoms with Crippen LogP contribution in [-0.2, 0) is 14.3 Å². The van der Waals surface area contributed by atoms with Gasteiger partial charge in [-0.15, -0.1) is 6.58 Å². The van der Waals surface area contributed by atoms with Crippen LogP contribution in [0.25, 0.3) is 0 Å². The van der Waals surface area contributed by atoms with Gasteiger partial charge in [0.15, 0.2) is 0 Å². The first-order chi connectivity index (χ1) is 9.76. The molecule has 0 radical (unpaired) electrons. The number of aliphatic hydroxyl groups is 2. The Morgan fingerprint density at radius 1 is 1.40 bits per heavy atom. The topological polar surface area (TPSA) is 71.4 Å². The Hall–Kier alpha value is -0.500. The number of aliphatic hydroxyl groups excluding tert-OH is 2. The fraction of sp³-hybridized carbons (Fsp3) is 0.857. The number of fused-ring (bicyclic) bond motifs is 1. The predicted octanol–water partition coefficient (Wildman–Crippen LogP) is -0.0484. The smallest absolute Gasteiger partial charge is 0.109 e. The van der Waals surface area contributed by atoms with E-state index in [1.54, 1.807) is 6.08 Å². The van der Waals surface area contributed by atoms with Crippen LogP contribution in [-0.4, -0.2) is 72.6 Å². The highest BCUT2D eigenvalue weighted by molar-refractivity contribution is 4.97. The summed E-state index contributed by atoms with van der Waals surface area (Å²) in [4.78, 5) is 5.73. The molecule has 0 unspecified atom stereocenters. The lowest BCUT2D eigenvalue weighted by atomic mass is 9.96. The van der Waals surface area contributed by atoms with Crippen molar-refractivity contribution in [2.45, 2.75) is 37.6 Å². The maximum Gasteiger partial charge on any atom is 0.109 e. The molecule has 2 aliphatic heterocycles. The largest absolute Gasteiger partial charge is 0.395 e. The van der Waals surface area contributed by atoms with Crippen molar-refractivity contribution in [2.24, 2.45) is 5.92 Å². The molecule has 2 N–H and O–H groups in total. The van der Waals surface area contributed by atoms with Gasteiger partial charge in [-0.25, -0.2) is 0 Å². The molecule has 2 saturated heterocycles. The molecule has 0 aromatic rings. The van der Waals surface area contributed by atoms with Crippen LogP contribution in [0.3, 0.4) is 0 Å². The van der Waals surface area contributed by atoms with Gasteiger partial charge in [-0.1, -0.05) is 13.0 Å². The van der Waals surface area contributed by atoms with E-state index in [1.165, 1.54) is 0 Å². The second kappa shape index (κ2) is 7.49. The Morgan fingerprint density at radius 2 is 2.20 bits per heavy atom. The second-order valence-corrected chi connectivity index (χ2v) is 5.29. The van der Waals surface area contributed by atoms with Gasteiger partial charge in [0.2, 0.25) is 0 Å². The van der Waals surface area contributed by atoms with E-state index in [-0.39, 0.29) is 37.3 Å². The number of hydrogen-bond donors (Lipinski definition) is 2. The lowest BCUT2D eigenvalue weighted by Crippen LogP contribution is -2.51. The molecule has 0 saturated carbocycles. The lowest BCUT2D eigenvalue weighted by molar-refractivity contribution is -0.202. The molecular weight excluding hydrogens is 262 g/mol. The third-order valence-electron chi connectivity index (χ3n) is 4.07. The minimum Gasteiger partial charge on any atom is -0.395 e. The van der Waals surface area contributed by atoms with Gasteiger partial charge in [-0.05, 0) is 6.42 Å². The maximum absolute atomic E-state index is 9.52. The van der Waals surface area contributed by atoms with Crippen molar-refractivity contribution < 1.29 is 24.5 Å². The van der Waals surface area contributed by atoms with Crippen LogP contribution in [0.1, 0.15) is 13.3 Å². The third kappa shape index (κ3) is 3.05. The first-order valence-electron chi connectivity index (χ1n) is 7.23. The number of hydrogen-bond acceptors (Lipinski definition) is 6. The summed E-state index contributed by atoms with van der Waals surface area (Å²) < 4.78 is 11.4. The van der Waals surface area contributed by atoms with Crippen LogP contribution in [0.2, 0.25) is 0 Å². The van der Waals surface area contributed by atoms with Crippen LogP contribution in [0.5, 0.6) is 0 Å². The molecule has 2 heterocycles. The van der Waals surface area contributed by atoms with Gasteiger partial charge in [0.25, 0.3) is 0 Å². The van der Waals surface area contributed by atoms with Crippen molar-refractivity contribution >= 4 is 0 Å². The summed E-state index contributed by atoms with van der Waals surface area (Å²) in [7, 11) is 0. The molecule has 2 rings (SSSR count). The normalized spacial score (nSPS) is 33.0. The fourth-order valence-electron chi connectivity index (χ4n) is 2.98. The molecule has 6 heteroatoms. The van der Waals surface area contributed by atoms with Crippen LogP contribution >= 0.6 is 0 Å². The summed E-state index contributed by atoms with van der Waals surface area (Å²) in [6.07, 6.45) is 1.81. The van der Waals surface area contributed by atoms with Crippen molar-refractivity contribution in [3.05, 3.63) is 12.7 Å². The van der Waals surface area contributed by atoms with E-state index in [2.05, 4.69) is 6.58 Å². The number of rotatable bonds is 8. The number of nitrogens with zero attached hydrogens (tertiary/aromatic N) is 1. The highest BCUT2D eigenvalue weighted by Gasteiger charge is 2.51. The monoisotopic (exact) mass is 287 g/mol. The van der Waals surface area contributed by atoms with Crippen molar-refractivity contribution in [1.82, 2.24) is 5.06 Å². The van der Waals surface area contributed by atoms with Crippen molar-refractivity contribution in [3.63, 3.8) is 0 Å². The fourth-order valence-corrected chi connectivity index (χ4v) is 2.98. The molecule has 2 fully saturated rings. The molecule has 0 spiro atoms. The van der Waals surface area contributed by atoms with Crippen molar-refractivity contribution in [1.29, 1.82) is 0 Å². The SMILES string of the molecule is C=CCO[C@@H](CO)[C@H]1OC[C@@H]2CON([C@H](CC)CO)[C@@H]21. The van der Waals surface area contributed by atoms with Gasteiger partial charge >= 0.3 is 0 Å². The van der Waals surface area contributed by atoms with E-state index in [4.69, 9.17) is 14.3 Å². The van der Waals surface area contributed by atoms with Crippen LogP contribution in [0, 0.1) is 5.92 Å². The molecule has 2 aliphatic rings. The van der Waals surface area contributed by atoms with E-state index < -0.39 is 6.10 Å². The van der Waals surface area contributed by atoms with E-state index in [1.807, 2.05) is 12.0 Å². The average Bonchev–Trinajstić information content (AvgIpc) is 3.05. The van der Waals surface area contributed by atoms with Crippen LogP contribution in [0.4, 0.5) is 0 Å². The van der Waals surface area contributed by atoms with Gasteiger partial charge in [-0.3, -0.25) is 4.84 Å². The summed E-state index contributed by atoms with van der Waals surface area (Å²) in [6, 6.07) is -0.0259. The summed E-state index contributed by atoms with van der Waals surface area (Å²) in [5.74, 6) is 0.266. The second-order valence-electron chi connectivity index (χ2n) is 5.29. The summed E-state index contributed by atoms with van der Waals surface area (Å²) in [5.41, 5.74) is 0. The average molecular weight is 287 g/mol. The molecule has 0 amide bonds. The third-order valence-corrected chi connectivity index (χ3v) is 4.07.